The van der Waals surface area contributed by atoms with Crippen molar-refractivity contribution in [1.29, 1.82) is 0 Å². The number of rotatable bonds is 3. The lowest BCUT2D eigenvalue weighted by Gasteiger charge is -2.28. The Labute approximate surface area is 156 Å². The minimum Gasteiger partial charge on any atom is -0.450 e. The van der Waals surface area contributed by atoms with Crippen molar-refractivity contribution in [2.75, 3.05) is 36.5 Å². The van der Waals surface area contributed by atoms with E-state index in [2.05, 4.69) is 20.2 Å². The van der Waals surface area contributed by atoms with Crippen LogP contribution in [-0.4, -0.2) is 41.3 Å². The average Bonchev–Trinajstić information content (AvgIpc) is 3.10. The number of aryl methyl sites for hydroxylation is 1. The molecular weight excluding hydrogens is 342 g/mol. The second kappa shape index (κ2) is 6.51. The van der Waals surface area contributed by atoms with E-state index in [0.717, 1.165) is 60.0 Å². The molecule has 0 radical (unpaired) electrons. The molecule has 0 bridgehead atoms. The van der Waals surface area contributed by atoms with Gasteiger partial charge in [0, 0.05) is 18.5 Å². The van der Waals surface area contributed by atoms with Crippen molar-refractivity contribution in [3.63, 3.8) is 0 Å². The lowest BCUT2D eigenvalue weighted by molar-refractivity contribution is 0.122. The number of anilines is 3. The molecule has 7 nitrogen and oxygen atoms in total. The summed E-state index contributed by atoms with van der Waals surface area (Å²) in [4.78, 5) is 15.8. The first-order valence-electron chi connectivity index (χ1n) is 8.99. The van der Waals surface area contributed by atoms with Crippen LogP contribution in [0, 0.1) is 6.92 Å². The molecule has 1 aliphatic rings. The molecule has 7 heteroatoms. The number of pyridine rings is 1. The number of ether oxygens (including phenoxy) is 1. The van der Waals surface area contributed by atoms with E-state index in [4.69, 9.17) is 14.1 Å². The number of para-hydroxylation sites is 1. The molecule has 3 aromatic heterocycles. The molecule has 5 rings (SSSR count). The minimum atomic E-state index is 0.639. The van der Waals surface area contributed by atoms with Crippen LogP contribution in [0.15, 0.2) is 47.1 Å². The van der Waals surface area contributed by atoms with Crippen molar-refractivity contribution in [1.82, 2.24) is 15.0 Å². The Hall–Kier alpha value is -3.19. The van der Waals surface area contributed by atoms with Crippen molar-refractivity contribution in [2.24, 2.45) is 0 Å². The maximum absolute atomic E-state index is 5.98. The van der Waals surface area contributed by atoms with E-state index in [1.807, 2.05) is 43.3 Å². The van der Waals surface area contributed by atoms with Crippen molar-refractivity contribution in [3.05, 3.63) is 48.4 Å². The van der Waals surface area contributed by atoms with E-state index in [-0.39, 0.29) is 0 Å². The molecule has 0 unspecified atom stereocenters. The molecule has 0 saturated carbocycles. The highest BCUT2D eigenvalue weighted by atomic mass is 16.5. The molecule has 136 valence electrons. The summed E-state index contributed by atoms with van der Waals surface area (Å²) >= 11 is 0. The lowest BCUT2D eigenvalue weighted by atomic mass is 10.2. The standard InChI is InChI=1S/C20H19N5O2/c1-13-15(6-7-17(23-13)25-8-10-26-11-9-25)24-20-19-18(21-12-22-20)14-4-2-3-5-16(14)27-19/h2-7,12H,8-11H2,1H3,(H,21,22,24). The number of hydrogen-bond donors (Lipinski definition) is 1. The van der Waals surface area contributed by atoms with Crippen LogP contribution in [-0.2, 0) is 4.74 Å². The third-order valence-corrected chi connectivity index (χ3v) is 4.82. The van der Waals surface area contributed by atoms with Gasteiger partial charge in [0.1, 0.15) is 23.2 Å². The summed E-state index contributed by atoms with van der Waals surface area (Å²) in [6.45, 7) is 5.20. The van der Waals surface area contributed by atoms with Gasteiger partial charge >= 0.3 is 0 Å². The molecule has 1 aromatic carbocycles. The fourth-order valence-electron chi connectivity index (χ4n) is 3.39. The predicted octanol–water partition coefficient (Wildman–Crippen LogP) is 3.66. The molecule has 0 atom stereocenters. The number of nitrogens with one attached hydrogen (secondary N) is 1. The van der Waals surface area contributed by atoms with Gasteiger partial charge in [-0.3, -0.25) is 0 Å². The van der Waals surface area contributed by atoms with Gasteiger partial charge in [-0.05, 0) is 31.2 Å². The molecule has 0 spiro atoms. The van der Waals surface area contributed by atoms with Gasteiger partial charge in [0.15, 0.2) is 11.4 Å². The van der Waals surface area contributed by atoms with Crippen molar-refractivity contribution >= 4 is 39.4 Å². The molecule has 1 N–H and O–H groups in total. The number of hydrogen-bond acceptors (Lipinski definition) is 7. The molecular formula is C20H19N5O2. The van der Waals surface area contributed by atoms with Gasteiger partial charge in [-0.25, -0.2) is 15.0 Å². The van der Waals surface area contributed by atoms with E-state index in [0.29, 0.717) is 11.4 Å². The Morgan fingerprint density at radius 3 is 2.74 bits per heavy atom. The summed E-state index contributed by atoms with van der Waals surface area (Å²) < 4.78 is 11.4. The molecule has 4 heterocycles. The van der Waals surface area contributed by atoms with Crippen molar-refractivity contribution in [2.45, 2.75) is 6.92 Å². The predicted molar refractivity (Wildman–Crippen MR) is 105 cm³/mol. The smallest absolute Gasteiger partial charge is 0.196 e. The zero-order chi connectivity index (χ0) is 18.2. The first-order valence-corrected chi connectivity index (χ1v) is 8.99. The summed E-state index contributed by atoms with van der Waals surface area (Å²) in [5.41, 5.74) is 4.05. The van der Waals surface area contributed by atoms with E-state index in [1.54, 1.807) is 6.33 Å². The molecule has 1 fully saturated rings. The number of nitrogens with zero attached hydrogens (tertiary/aromatic N) is 4. The first-order chi connectivity index (χ1) is 13.3. The van der Waals surface area contributed by atoms with Gasteiger partial charge in [-0.2, -0.15) is 0 Å². The van der Waals surface area contributed by atoms with E-state index in [9.17, 15) is 0 Å². The van der Waals surface area contributed by atoms with Gasteiger partial charge in [0.2, 0.25) is 0 Å². The van der Waals surface area contributed by atoms with E-state index >= 15 is 0 Å². The Morgan fingerprint density at radius 2 is 1.89 bits per heavy atom. The Balaban J connectivity index is 1.50. The highest BCUT2D eigenvalue weighted by molar-refractivity contribution is 6.05. The number of benzene rings is 1. The monoisotopic (exact) mass is 361 g/mol. The summed E-state index contributed by atoms with van der Waals surface area (Å²) in [6, 6.07) is 11.9. The summed E-state index contributed by atoms with van der Waals surface area (Å²) in [5, 5.41) is 4.34. The fraction of sp³-hybridized carbons (Fsp3) is 0.250. The molecule has 4 aromatic rings. The van der Waals surface area contributed by atoms with Gasteiger partial charge in [-0.15, -0.1) is 0 Å². The van der Waals surface area contributed by atoms with Gasteiger partial charge in [0.05, 0.1) is 24.6 Å². The second-order valence-electron chi connectivity index (χ2n) is 6.53. The number of fused-ring (bicyclic) bond motifs is 3. The Kier molecular flexibility index (Phi) is 3.86. The van der Waals surface area contributed by atoms with Crippen LogP contribution in [0.4, 0.5) is 17.3 Å². The number of morpholine rings is 1. The summed E-state index contributed by atoms with van der Waals surface area (Å²) in [5.74, 6) is 1.61. The molecule has 1 aliphatic heterocycles. The van der Waals surface area contributed by atoms with Crippen LogP contribution in [0.3, 0.4) is 0 Å². The quantitative estimate of drug-likeness (QED) is 0.597. The minimum absolute atomic E-state index is 0.639. The summed E-state index contributed by atoms with van der Waals surface area (Å²) in [7, 11) is 0. The maximum Gasteiger partial charge on any atom is 0.196 e. The highest BCUT2D eigenvalue weighted by Gasteiger charge is 2.16. The highest BCUT2D eigenvalue weighted by Crippen LogP contribution is 2.32. The van der Waals surface area contributed by atoms with E-state index in [1.165, 1.54) is 0 Å². The van der Waals surface area contributed by atoms with Crippen LogP contribution in [0.1, 0.15) is 5.69 Å². The maximum atomic E-state index is 5.98. The Morgan fingerprint density at radius 1 is 1.04 bits per heavy atom. The molecule has 27 heavy (non-hydrogen) atoms. The topological polar surface area (TPSA) is 76.3 Å². The van der Waals surface area contributed by atoms with Crippen LogP contribution in [0.25, 0.3) is 22.1 Å². The first kappa shape index (κ1) is 16.0. The normalized spacial score (nSPS) is 14.8. The fourth-order valence-corrected chi connectivity index (χ4v) is 3.39. The van der Waals surface area contributed by atoms with Gasteiger partial charge < -0.3 is 19.4 Å². The molecule has 0 amide bonds. The van der Waals surface area contributed by atoms with Gasteiger partial charge in [0.25, 0.3) is 0 Å². The third kappa shape index (κ3) is 2.86. The van der Waals surface area contributed by atoms with Crippen LogP contribution in [0.5, 0.6) is 0 Å². The zero-order valence-corrected chi connectivity index (χ0v) is 15.0. The number of aromatic nitrogens is 3. The lowest BCUT2D eigenvalue weighted by Crippen LogP contribution is -2.36. The van der Waals surface area contributed by atoms with Crippen molar-refractivity contribution < 1.29 is 9.15 Å². The zero-order valence-electron chi connectivity index (χ0n) is 15.0. The Bertz CT molecular complexity index is 1120. The van der Waals surface area contributed by atoms with Crippen LogP contribution in [0.2, 0.25) is 0 Å². The van der Waals surface area contributed by atoms with Crippen LogP contribution >= 0.6 is 0 Å². The molecule has 1 saturated heterocycles. The molecule has 0 aliphatic carbocycles. The summed E-state index contributed by atoms with van der Waals surface area (Å²) in [6.07, 6.45) is 1.55. The second-order valence-corrected chi connectivity index (χ2v) is 6.53. The largest absolute Gasteiger partial charge is 0.450 e. The number of furan rings is 1. The van der Waals surface area contributed by atoms with Crippen molar-refractivity contribution in [3.8, 4) is 0 Å². The van der Waals surface area contributed by atoms with Crippen LogP contribution < -0.4 is 10.2 Å². The average molecular weight is 361 g/mol. The third-order valence-electron chi connectivity index (χ3n) is 4.82. The van der Waals surface area contributed by atoms with Gasteiger partial charge in [-0.1, -0.05) is 12.1 Å². The SMILES string of the molecule is Cc1nc(N2CCOCC2)ccc1Nc1ncnc2c1oc1ccccc12. The van der Waals surface area contributed by atoms with E-state index < -0.39 is 0 Å².